The van der Waals surface area contributed by atoms with Crippen LogP contribution in [-0.4, -0.2) is 22.1 Å². The van der Waals surface area contributed by atoms with E-state index in [1.165, 1.54) is 18.6 Å². The first-order chi connectivity index (χ1) is 8.77. The van der Waals surface area contributed by atoms with Crippen LogP contribution in [0.3, 0.4) is 0 Å². The molecule has 2 rings (SSSR count). The Morgan fingerprint density at radius 2 is 2.06 bits per heavy atom. The summed E-state index contributed by atoms with van der Waals surface area (Å²) >= 11 is 0. The molecule has 0 unspecified atom stereocenters. The Morgan fingerprint density at radius 1 is 1.28 bits per heavy atom. The van der Waals surface area contributed by atoms with Crippen LogP contribution in [0.2, 0.25) is 0 Å². The van der Waals surface area contributed by atoms with Crippen LogP contribution in [0.4, 0.5) is 5.82 Å². The zero-order chi connectivity index (χ0) is 12.8. The Morgan fingerprint density at radius 3 is 2.78 bits per heavy atom. The lowest BCUT2D eigenvalue weighted by Gasteiger charge is -1.99. The molecule has 18 heavy (non-hydrogen) atoms. The zero-order valence-electron chi connectivity index (χ0n) is 9.45. The highest BCUT2D eigenvalue weighted by Crippen LogP contribution is 2.02. The van der Waals surface area contributed by atoms with Crippen molar-refractivity contribution >= 4 is 17.9 Å². The minimum Gasteiger partial charge on any atom is -0.383 e. The van der Waals surface area contributed by atoms with Gasteiger partial charge in [-0.25, -0.2) is 10.4 Å². The molecule has 0 spiro atoms. The quantitative estimate of drug-likeness (QED) is 0.614. The van der Waals surface area contributed by atoms with Gasteiger partial charge >= 0.3 is 0 Å². The molecule has 2 aromatic heterocycles. The van der Waals surface area contributed by atoms with Crippen LogP contribution >= 0.6 is 0 Å². The Labute approximate surface area is 104 Å². The van der Waals surface area contributed by atoms with E-state index in [1.807, 2.05) is 0 Å². The summed E-state index contributed by atoms with van der Waals surface area (Å²) in [6.07, 6.45) is 6.11. The first-order valence-corrected chi connectivity index (χ1v) is 5.21. The number of nitrogens with zero attached hydrogens (tertiary/aromatic N) is 3. The molecule has 0 atom stereocenters. The highest BCUT2D eigenvalue weighted by molar-refractivity contribution is 5.95. The SMILES string of the molecule is Nc1ncccc1/C=N/NC(=O)c1ccncc1. The molecule has 0 aliphatic rings. The number of hydrogen-bond donors (Lipinski definition) is 2. The van der Waals surface area contributed by atoms with Gasteiger partial charge in [0.2, 0.25) is 0 Å². The molecule has 0 aliphatic heterocycles. The third kappa shape index (κ3) is 2.88. The normalized spacial score (nSPS) is 10.4. The molecule has 90 valence electrons. The number of carbonyl (C=O) groups is 1. The molecule has 6 heteroatoms. The molecule has 1 amide bonds. The summed E-state index contributed by atoms with van der Waals surface area (Å²) in [4.78, 5) is 19.3. The van der Waals surface area contributed by atoms with Crippen LogP contribution in [0.25, 0.3) is 0 Å². The van der Waals surface area contributed by atoms with Gasteiger partial charge in [-0.2, -0.15) is 5.10 Å². The predicted molar refractivity (Wildman–Crippen MR) is 67.9 cm³/mol. The number of anilines is 1. The first-order valence-electron chi connectivity index (χ1n) is 5.21. The van der Waals surface area contributed by atoms with Gasteiger partial charge in [0.1, 0.15) is 5.82 Å². The van der Waals surface area contributed by atoms with Gasteiger partial charge in [0.05, 0.1) is 6.21 Å². The topological polar surface area (TPSA) is 93.3 Å². The highest BCUT2D eigenvalue weighted by Gasteiger charge is 2.02. The minimum absolute atomic E-state index is 0.309. The number of aromatic nitrogens is 2. The van der Waals surface area contributed by atoms with E-state index in [-0.39, 0.29) is 5.91 Å². The minimum atomic E-state index is -0.309. The second-order valence-electron chi connectivity index (χ2n) is 3.41. The molecule has 0 aromatic carbocycles. The smallest absolute Gasteiger partial charge is 0.271 e. The Balaban J connectivity index is 2.00. The molecular weight excluding hydrogens is 230 g/mol. The molecular formula is C12H11N5O. The second-order valence-corrected chi connectivity index (χ2v) is 3.41. The van der Waals surface area contributed by atoms with Crippen molar-refractivity contribution in [3.8, 4) is 0 Å². The number of carbonyl (C=O) groups excluding carboxylic acids is 1. The monoisotopic (exact) mass is 241 g/mol. The van der Waals surface area contributed by atoms with Crippen LogP contribution < -0.4 is 11.2 Å². The van der Waals surface area contributed by atoms with E-state index in [1.54, 1.807) is 30.5 Å². The highest BCUT2D eigenvalue weighted by atomic mass is 16.2. The average Bonchev–Trinajstić information content (AvgIpc) is 2.42. The molecule has 0 fully saturated rings. The van der Waals surface area contributed by atoms with Gasteiger partial charge < -0.3 is 5.73 Å². The van der Waals surface area contributed by atoms with Crippen LogP contribution in [0.5, 0.6) is 0 Å². The summed E-state index contributed by atoms with van der Waals surface area (Å²) in [5.74, 6) is 0.0514. The van der Waals surface area contributed by atoms with Gasteiger partial charge in [-0.05, 0) is 24.3 Å². The van der Waals surface area contributed by atoms with Crippen molar-refractivity contribution in [2.45, 2.75) is 0 Å². The summed E-state index contributed by atoms with van der Waals surface area (Å²) in [7, 11) is 0. The maximum atomic E-state index is 11.6. The van der Waals surface area contributed by atoms with Crippen LogP contribution in [0, 0.1) is 0 Å². The van der Waals surface area contributed by atoms with Crippen molar-refractivity contribution in [1.82, 2.24) is 15.4 Å². The summed E-state index contributed by atoms with van der Waals surface area (Å²) in [5.41, 5.74) is 9.15. The molecule has 2 aromatic rings. The fourth-order valence-electron chi connectivity index (χ4n) is 1.27. The first kappa shape index (κ1) is 11.7. The predicted octanol–water partition coefficient (Wildman–Crippen LogP) is 0.823. The van der Waals surface area contributed by atoms with E-state index in [4.69, 9.17) is 5.73 Å². The van der Waals surface area contributed by atoms with Crippen molar-refractivity contribution < 1.29 is 4.79 Å². The summed E-state index contributed by atoms with van der Waals surface area (Å²) in [6.45, 7) is 0. The number of rotatable bonds is 3. The third-order valence-corrected chi connectivity index (χ3v) is 2.18. The number of nitrogen functional groups attached to an aromatic ring is 1. The number of hydrazone groups is 1. The Hall–Kier alpha value is -2.76. The number of pyridine rings is 2. The van der Waals surface area contributed by atoms with Gasteiger partial charge in [0.25, 0.3) is 5.91 Å². The molecule has 0 saturated carbocycles. The summed E-state index contributed by atoms with van der Waals surface area (Å²) < 4.78 is 0. The van der Waals surface area contributed by atoms with E-state index < -0.39 is 0 Å². The fraction of sp³-hybridized carbons (Fsp3) is 0. The lowest BCUT2D eigenvalue weighted by atomic mass is 10.2. The third-order valence-electron chi connectivity index (χ3n) is 2.18. The standard InChI is InChI=1S/C12H11N5O/c13-11-10(2-1-5-15-11)8-16-17-12(18)9-3-6-14-7-4-9/h1-8H,(H2,13,15)(H,17,18)/b16-8+. The molecule has 6 nitrogen and oxygen atoms in total. The lowest BCUT2D eigenvalue weighted by Crippen LogP contribution is -2.17. The largest absolute Gasteiger partial charge is 0.383 e. The Bertz CT molecular complexity index is 568. The molecule has 0 radical (unpaired) electrons. The molecule has 0 aliphatic carbocycles. The van der Waals surface area contributed by atoms with Gasteiger partial charge in [0.15, 0.2) is 0 Å². The van der Waals surface area contributed by atoms with Gasteiger partial charge in [0, 0.05) is 29.7 Å². The van der Waals surface area contributed by atoms with Crippen molar-refractivity contribution in [2.75, 3.05) is 5.73 Å². The van der Waals surface area contributed by atoms with Crippen molar-refractivity contribution in [3.63, 3.8) is 0 Å². The van der Waals surface area contributed by atoms with Gasteiger partial charge in [-0.3, -0.25) is 9.78 Å². The van der Waals surface area contributed by atoms with Gasteiger partial charge in [-0.1, -0.05) is 0 Å². The summed E-state index contributed by atoms with van der Waals surface area (Å²) in [5, 5.41) is 3.81. The van der Waals surface area contributed by atoms with E-state index in [0.717, 1.165) is 0 Å². The number of amides is 1. The van der Waals surface area contributed by atoms with Crippen molar-refractivity contribution in [3.05, 3.63) is 54.0 Å². The van der Waals surface area contributed by atoms with E-state index in [9.17, 15) is 4.79 Å². The zero-order valence-corrected chi connectivity index (χ0v) is 9.45. The lowest BCUT2D eigenvalue weighted by molar-refractivity contribution is 0.0955. The van der Waals surface area contributed by atoms with E-state index in [0.29, 0.717) is 16.9 Å². The van der Waals surface area contributed by atoms with Crippen LogP contribution in [0.1, 0.15) is 15.9 Å². The maximum absolute atomic E-state index is 11.6. The van der Waals surface area contributed by atoms with E-state index in [2.05, 4.69) is 20.5 Å². The molecule has 2 heterocycles. The Kier molecular flexibility index (Phi) is 3.60. The number of nitrogens with two attached hydrogens (primary N) is 1. The maximum Gasteiger partial charge on any atom is 0.271 e. The second kappa shape index (κ2) is 5.53. The molecule has 0 saturated heterocycles. The van der Waals surface area contributed by atoms with Gasteiger partial charge in [-0.15, -0.1) is 0 Å². The number of hydrogen-bond acceptors (Lipinski definition) is 5. The van der Waals surface area contributed by atoms with Crippen molar-refractivity contribution in [2.24, 2.45) is 5.10 Å². The molecule has 0 bridgehead atoms. The van der Waals surface area contributed by atoms with E-state index >= 15 is 0 Å². The average molecular weight is 241 g/mol. The fourth-order valence-corrected chi connectivity index (χ4v) is 1.27. The van der Waals surface area contributed by atoms with Crippen molar-refractivity contribution in [1.29, 1.82) is 0 Å². The van der Waals surface area contributed by atoms with Crippen LogP contribution in [-0.2, 0) is 0 Å². The molecule has 3 N–H and O–H groups in total. The summed E-state index contributed by atoms with van der Waals surface area (Å²) in [6, 6.07) is 6.69. The number of nitrogens with one attached hydrogen (secondary N) is 1. The van der Waals surface area contributed by atoms with Crippen LogP contribution in [0.15, 0.2) is 48.0 Å².